The van der Waals surface area contributed by atoms with Crippen LogP contribution < -0.4 is 5.32 Å². The van der Waals surface area contributed by atoms with Crippen LogP contribution in [0.2, 0.25) is 0 Å². The van der Waals surface area contributed by atoms with Crippen molar-refractivity contribution in [3.63, 3.8) is 0 Å². The summed E-state index contributed by atoms with van der Waals surface area (Å²) in [4.78, 5) is 15.2. The fraction of sp³-hybridized carbons (Fsp3) is 0.0208. The van der Waals surface area contributed by atoms with Gasteiger partial charge >= 0.3 is 0 Å². The van der Waals surface area contributed by atoms with Crippen LogP contribution in [0.15, 0.2) is 176 Å². The normalized spacial score (nSPS) is 13.1. The van der Waals surface area contributed by atoms with E-state index in [1.54, 1.807) is 0 Å². The Bertz CT molecular complexity index is 3150. The molecule has 0 fully saturated rings. The minimum absolute atomic E-state index is 0.546. The standard InChI is InChI=1S/C48H32N6/c1-3-15-32(16-4-1)46-50-47(52-48(51-46)40-23-13-17-31-14-7-8-20-35(31)40)33-26-29-43(49-30-33)54-42-25-12-10-22-37(42)39-28-27-38-36-21-9-11-24-41(36)53(44(38)45(39)54)34-18-5-2-6-19-34/h1-29,49H,30H2. The van der Waals surface area contributed by atoms with Gasteiger partial charge in [0.05, 0.1) is 22.1 Å². The minimum Gasteiger partial charge on any atom is -0.367 e. The van der Waals surface area contributed by atoms with E-state index < -0.39 is 0 Å². The van der Waals surface area contributed by atoms with Crippen molar-refractivity contribution in [3.8, 4) is 28.5 Å². The molecule has 0 aliphatic carbocycles. The predicted octanol–water partition coefficient (Wildman–Crippen LogP) is 11.0. The third-order valence-electron chi connectivity index (χ3n) is 10.6. The van der Waals surface area contributed by atoms with E-state index in [0.717, 1.165) is 50.0 Å². The van der Waals surface area contributed by atoms with Gasteiger partial charge in [-0.15, -0.1) is 0 Å². The Morgan fingerprint density at radius 2 is 1.00 bits per heavy atom. The molecule has 6 heteroatoms. The van der Waals surface area contributed by atoms with Gasteiger partial charge in [-0.25, -0.2) is 15.0 Å². The molecule has 1 N–H and O–H groups in total. The largest absolute Gasteiger partial charge is 0.367 e. The topological polar surface area (TPSA) is 60.6 Å². The number of dihydropyridines is 1. The van der Waals surface area contributed by atoms with Gasteiger partial charge in [-0.2, -0.15) is 0 Å². The number of hydrogen-bond donors (Lipinski definition) is 1. The maximum absolute atomic E-state index is 5.13. The molecule has 0 saturated heterocycles. The van der Waals surface area contributed by atoms with Crippen molar-refractivity contribution in [1.82, 2.24) is 29.4 Å². The van der Waals surface area contributed by atoms with Crippen molar-refractivity contribution in [1.29, 1.82) is 0 Å². The second-order valence-electron chi connectivity index (χ2n) is 13.7. The van der Waals surface area contributed by atoms with Gasteiger partial charge in [0.2, 0.25) is 0 Å². The summed E-state index contributed by atoms with van der Waals surface area (Å²) in [5, 5.41) is 10.9. The first-order chi connectivity index (χ1) is 26.8. The molecule has 1 aliphatic heterocycles. The molecule has 0 saturated carbocycles. The fourth-order valence-corrected chi connectivity index (χ4v) is 8.16. The molecule has 0 unspecified atom stereocenters. The van der Waals surface area contributed by atoms with Gasteiger partial charge in [-0.05, 0) is 47.2 Å². The first-order valence-corrected chi connectivity index (χ1v) is 18.3. The lowest BCUT2D eigenvalue weighted by Gasteiger charge is -2.20. The van der Waals surface area contributed by atoms with E-state index in [1.807, 2.05) is 18.2 Å². The Morgan fingerprint density at radius 3 is 1.72 bits per heavy atom. The van der Waals surface area contributed by atoms with Gasteiger partial charge in [-0.3, -0.25) is 4.57 Å². The molecule has 254 valence electrons. The highest BCUT2D eigenvalue weighted by atomic mass is 15.2. The van der Waals surface area contributed by atoms with E-state index in [9.17, 15) is 0 Å². The predicted molar refractivity (Wildman–Crippen MR) is 222 cm³/mol. The van der Waals surface area contributed by atoms with E-state index in [-0.39, 0.29) is 0 Å². The molecule has 0 spiro atoms. The van der Waals surface area contributed by atoms with Crippen LogP contribution in [0.4, 0.5) is 0 Å². The molecule has 4 heterocycles. The monoisotopic (exact) mass is 692 g/mol. The first-order valence-electron chi connectivity index (χ1n) is 18.3. The lowest BCUT2D eigenvalue weighted by Crippen LogP contribution is -2.23. The number of benzene rings is 7. The highest BCUT2D eigenvalue weighted by molar-refractivity contribution is 6.24. The summed E-state index contributed by atoms with van der Waals surface area (Å²) in [5.74, 6) is 2.96. The van der Waals surface area contributed by atoms with E-state index in [0.29, 0.717) is 24.0 Å². The molecule has 11 rings (SSSR count). The molecule has 7 aromatic carbocycles. The van der Waals surface area contributed by atoms with Crippen molar-refractivity contribution < 1.29 is 0 Å². The summed E-state index contributed by atoms with van der Waals surface area (Å²) in [6.07, 6.45) is 4.33. The van der Waals surface area contributed by atoms with Gasteiger partial charge in [0.15, 0.2) is 17.5 Å². The number of nitrogens with one attached hydrogen (secondary N) is 1. The van der Waals surface area contributed by atoms with Crippen LogP contribution in [0.1, 0.15) is 5.82 Å². The maximum Gasteiger partial charge on any atom is 0.164 e. The van der Waals surface area contributed by atoms with Crippen molar-refractivity contribution >= 4 is 65.8 Å². The van der Waals surface area contributed by atoms with Crippen LogP contribution in [0.3, 0.4) is 0 Å². The smallest absolute Gasteiger partial charge is 0.164 e. The SMILES string of the molecule is C1=C(c2nc(-c3ccccc3)nc(-c3cccc4ccccc34)n2)CNC(n2c3ccccc3c3ccc4c5ccccc5n(-c5ccccc5)c4c32)=C1. The number of rotatable bonds is 5. The van der Waals surface area contributed by atoms with Crippen LogP contribution in [-0.2, 0) is 0 Å². The first kappa shape index (κ1) is 30.3. The van der Waals surface area contributed by atoms with Crippen LogP contribution in [0, 0.1) is 0 Å². The Hall–Kier alpha value is -7.31. The van der Waals surface area contributed by atoms with E-state index in [1.165, 1.54) is 32.6 Å². The Kier molecular flexibility index (Phi) is 6.82. The molecule has 1 aliphatic rings. The highest BCUT2D eigenvalue weighted by Gasteiger charge is 2.23. The second kappa shape index (κ2) is 12.1. The van der Waals surface area contributed by atoms with Crippen LogP contribution in [0.25, 0.3) is 94.2 Å². The number of fused-ring (bicyclic) bond motifs is 8. The van der Waals surface area contributed by atoms with Gasteiger partial charge in [0, 0.05) is 50.5 Å². The summed E-state index contributed by atoms with van der Waals surface area (Å²) in [5.41, 5.74) is 8.72. The van der Waals surface area contributed by atoms with Gasteiger partial charge in [0.1, 0.15) is 5.82 Å². The molecule has 0 atom stereocenters. The molecule has 0 bridgehead atoms. The number of para-hydroxylation sites is 3. The fourth-order valence-electron chi connectivity index (χ4n) is 8.16. The average Bonchev–Trinajstić information content (AvgIpc) is 3.77. The molecule has 54 heavy (non-hydrogen) atoms. The van der Waals surface area contributed by atoms with E-state index >= 15 is 0 Å². The zero-order chi connectivity index (χ0) is 35.6. The molecule has 6 nitrogen and oxygen atoms in total. The van der Waals surface area contributed by atoms with E-state index in [2.05, 4.69) is 172 Å². The third-order valence-corrected chi connectivity index (χ3v) is 10.6. The molecular formula is C48H32N6. The van der Waals surface area contributed by atoms with Gasteiger partial charge in [-0.1, -0.05) is 140 Å². The lowest BCUT2D eigenvalue weighted by molar-refractivity contribution is 0.914. The summed E-state index contributed by atoms with van der Waals surface area (Å²) < 4.78 is 4.81. The van der Waals surface area contributed by atoms with Crippen molar-refractivity contribution in [2.24, 2.45) is 0 Å². The zero-order valence-electron chi connectivity index (χ0n) is 29.2. The molecule has 3 aromatic heterocycles. The molecule has 10 aromatic rings. The average molecular weight is 693 g/mol. The Balaban J connectivity index is 1.13. The van der Waals surface area contributed by atoms with Gasteiger partial charge < -0.3 is 9.88 Å². The maximum atomic E-state index is 5.13. The summed E-state index contributed by atoms with van der Waals surface area (Å²) >= 11 is 0. The van der Waals surface area contributed by atoms with Crippen molar-refractivity contribution in [3.05, 3.63) is 182 Å². The summed E-state index contributed by atoms with van der Waals surface area (Å²) in [6.45, 7) is 0.546. The lowest BCUT2D eigenvalue weighted by atomic mass is 10.0. The number of nitrogens with zero attached hydrogens (tertiary/aromatic N) is 5. The van der Waals surface area contributed by atoms with Crippen LogP contribution in [0.5, 0.6) is 0 Å². The summed E-state index contributed by atoms with van der Waals surface area (Å²) in [7, 11) is 0. The summed E-state index contributed by atoms with van der Waals surface area (Å²) in [6, 6.07) is 57.5. The van der Waals surface area contributed by atoms with Gasteiger partial charge in [0.25, 0.3) is 0 Å². The van der Waals surface area contributed by atoms with Crippen molar-refractivity contribution in [2.45, 2.75) is 0 Å². The van der Waals surface area contributed by atoms with Crippen molar-refractivity contribution in [2.75, 3.05) is 6.54 Å². The van der Waals surface area contributed by atoms with E-state index in [4.69, 9.17) is 15.0 Å². The number of allylic oxidation sites excluding steroid dienone is 2. The Labute approximate surface area is 311 Å². The second-order valence-corrected chi connectivity index (χ2v) is 13.7. The van der Waals surface area contributed by atoms with Crippen LogP contribution >= 0.6 is 0 Å². The highest BCUT2D eigenvalue weighted by Crippen LogP contribution is 2.41. The molecule has 0 radical (unpaired) electrons. The quantitative estimate of drug-likeness (QED) is 0.195. The molecular weight excluding hydrogens is 661 g/mol. The third kappa shape index (κ3) is 4.70. The number of hydrogen-bond acceptors (Lipinski definition) is 4. The number of aromatic nitrogens is 5. The van der Waals surface area contributed by atoms with Crippen LogP contribution in [-0.4, -0.2) is 30.6 Å². The molecule has 0 amide bonds. The zero-order valence-corrected chi connectivity index (χ0v) is 29.2. The minimum atomic E-state index is 0.546. The Morgan fingerprint density at radius 1 is 0.426 bits per heavy atom.